The number of aliphatic imine (C=N–C) groups is 1. The van der Waals surface area contributed by atoms with Crippen LogP contribution in [0.25, 0.3) is 0 Å². The van der Waals surface area contributed by atoms with Crippen molar-refractivity contribution in [2.75, 3.05) is 45.9 Å². The van der Waals surface area contributed by atoms with Crippen molar-refractivity contribution in [2.24, 2.45) is 10.9 Å². The highest BCUT2D eigenvalue weighted by Gasteiger charge is 2.21. The minimum Gasteiger partial charge on any atom is -0.490 e. The van der Waals surface area contributed by atoms with E-state index in [4.69, 9.17) is 14.2 Å². The Morgan fingerprint density at radius 3 is 2.77 bits per heavy atom. The lowest BCUT2D eigenvalue weighted by Crippen LogP contribution is -2.50. The second-order valence-corrected chi connectivity index (χ2v) is 7.78. The zero-order chi connectivity index (χ0) is 22.6. The third-order valence-electron chi connectivity index (χ3n) is 4.66. The number of benzene rings is 1. The van der Waals surface area contributed by atoms with Gasteiger partial charge in [-0.1, -0.05) is 26.0 Å². The summed E-state index contributed by atoms with van der Waals surface area (Å²) in [6.45, 7) is 10.6. The van der Waals surface area contributed by atoms with Crippen molar-refractivity contribution in [2.45, 2.75) is 47.0 Å². The summed E-state index contributed by atoms with van der Waals surface area (Å²) in [5, 5.41) is 6.49. The number of alkyl halides is 2. The van der Waals surface area contributed by atoms with Crippen molar-refractivity contribution >= 4 is 5.96 Å². The number of para-hydroxylation sites is 1. The van der Waals surface area contributed by atoms with Crippen LogP contribution in [0, 0.1) is 5.92 Å². The van der Waals surface area contributed by atoms with Crippen molar-refractivity contribution in [3.63, 3.8) is 0 Å². The van der Waals surface area contributed by atoms with E-state index < -0.39 is 6.61 Å². The van der Waals surface area contributed by atoms with Crippen LogP contribution < -0.4 is 20.1 Å². The third-order valence-corrected chi connectivity index (χ3v) is 4.66. The topological polar surface area (TPSA) is 67.4 Å². The molecule has 0 aromatic heterocycles. The summed E-state index contributed by atoms with van der Waals surface area (Å²) in [6, 6.07) is 5.07. The van der Waals surface area contributed by atoms with E-state index in [2.05, 4.69) is 34.4 Å². The van der Waals surface area contributed by atoms with E-state index in [1.165, 1.54) is 0 Å². The molecule has 1 saturated heterocycles. The molecule has 0 amide bonds. The Hall–Kier alpha value is -2.13. The van der Waals surface area contributed by atoms with Gasteiger partial charge in [0.1, 0.15) is 0 Å². The van der Waals surface area contributed by atoms with Gasteiger partial charge in [0.2, 0.25) is 0 Å². The quantitative estimate of drug-likeness (QED) is 0.406. The van der Waals surface area contributed by atoms with E-state index in [1.54, 1.807) is 25.1 Å². The molecule has 1 aromatic rings. The minimum absolute atomic E-state index is 0.0267. The van der Waals surface area contributed by atoms with Crippen LogP contribution in [0.5, 0.6) is 11.5 Å². The van der Waals surface area contributed by atoms with Crippen molar-refractivity contribution in [3.8, 4) is 11.5 Å². The van der Waals surface area contributed by atoms with Gasteiger partial charge in [0.15, 0.2) is 17.5 Å². The van der Waals surface area contributed by atoms with E-state index in [-0.39, 0.29) is 24.1 Å². The van der Waals surface area contributed by atoms with Crippen LogP contribution in [0.2, 0.25) is 0 Å². The van der Waals surface area contributed by atoms with Gasteiger partial charge in [-0.15, -0.1) is 0 Å². The molecular weight excluding hydrogens is 406 g/mol. The number of hydrogen-bond acceptors (Lipinski definition) is 5. The molecule has 2 N–H and O–H groups in total. The number of halogens is 2. The monoisotopic (exact) mass is 442 g/mol. The van der Waals surface area contributed by atoms with E-state index in [1.807, 2.05) is 6.92 Å². The molecule has 31 heavy (non-hydrogen) atoms. The molecule has 176 valence electrons. The van der Waals surface area contributed by atoms with E-state index in [9.17, 15) is 8.78 Å². The maximum Gasteiger partial charge on any atom is 0.387 e. The normalized spacial score (nSPS) is 17.8. The Kier molecular flexibility index (Phi) is 10.8. The lowest BCUT2D eigenvalue weighted by Gasteiger charge is -2.34. The number of ether oxygens (including phenoxy) is 3. The summed E-state index contributed by atoms with van der Waals surface area (Å²) >= 11 is 0. The van der Waals surface area contributed by atoms with E-state index in [0.717, 1.165) is 19.6 Å². The largest absolute Gasteiger partial charge is 0.490 e. The van der Waals surface area contributed by atoms with Crippen molar-refractivity contribution < 1.29 is 23.0 Å². The Balaban J connectivity index is 2.03. The molecule has 1 atom stereocenters. The number of nitrogens with zero attached hydrogens (tertiary/aromatic N) is 2. The van der Waals surface area contributed by atoms with Crippen LogP contribution in [0.4, 0.5) is 8.78 Å². The van der Waals surface area contributed by atoms with Gasteiger partial charge in [0, 0.05) is 38.3 Å². The smallest absolute Gasteiger partial charge is 0.387 e. The van der Waals surface area contributed by atoms with E-state index >= 15 is 0 Å². The SMILES string of the molecule is CCNC(=NCc1cccc(OCC)c1OC(F)F)NCC1CN(CC(C)C)CCO1. The molecule has 0 spiro atoms. The first kappa shape index (κ1) is 25.1. The second kappa shape index (κ2) is 13.3. The zero-order valence-corrected chi connectivity index (χ0v) is 19.0. The highest BCUT2D eigenvalue weighted by atomic mass is 19.3. The molecule has 0 radical (unpaired) electrons. The maximum atomic E-state index is 12.9. The predicted octanol–water partition coefficient (Wildman–Crippen LogP) is 3.10. The summed E-state index contributed by atoms with van der Waals surface area (Å²) < 4.78 is 41.9. The van der Waals surface area contributed by atoms with Gasteiger partial charge in [-0.3, -0.25) is 4.90 Å². The van der Waals surface area contributed by atoms with Crippen LogP contribution in [-0.4, -0.2) is 69.5 Å². The lowest BCUT2D eigenvalue weighted by molar-refractivity contribution is -0.0520. The van der Waals surface area contributed by atoms with Crippen molar-refractivity contribution in [1.29, 1.82) is 0 Å². The molecule has 9 heteroatoms. The Labute approximate surface area is 184 Å². The van der Waals surface area contributed by atoms with Gasteiger partial charge in [-0.25, -0.2) is 4.99 Å². The van der Waals surface area contributed by atoms with Crippen LogP contribution in [0.15, 0.2) is 23.2 Å². The average Bonchev–Trinajstić information content (AvgIpc) is 2.71. The molecule has 1 unspecified atom stereocenters. The zero-order valence-electron chi connectivity index (χ0n) is 19.0. The molecule has 0 saturated carbocycles. The first-order chi connectivity index (χ1) is 14.9. The van der Waals surface area contributed by atoms with Gasteiger partial charge >= 0.3 is 6.61 Å². The average molecular weight is 443 g/mol. The van der Waals surface area contributed by atoms with Crippen molar-refractivity contribution in [1.82, 2.24) is 15.5 Å². The minimum atomic E-state index is -2.94. The first-order valence-corrected chi connectivity index (χ1v) is 11.0. The fourth-order valence-electron chi connectivity index (χ4n) is 3.48. The summed E-state index contributed by atoms with van der Waals surface area (Å²) in [6.07, 6.45) is 0.0652. The van der Waals surface area contributed by atoms with Crippen molar-refractivity contribution in [3.05, 3.63) is 23.8 Å². The van der Waals surface area contributed by atoms with Gasteiger partial charge in [-0.05, 0) is 25.8 Å². The van der Waals surface area contributed by atoms with Crippen LogP contribution >= 0.6 is 0 Å². The molecule has 1 aliphatic rings. The predicted molar refractivity (Wildman–Crippen MR) is 118 cm³/mol. The van der Waals surface area contributed by atoms with Crippen LogP contribution in [-0.2, 0) is 11.3 Å². The summed E-state index contributed by atoms with van der Waals surface area (Å²) in [7, 11) is 0. The highest BCUT2D eigenvalue weighted by Crippen LogP contribution is 2.33. The molecule has 1 heterocycles. The summed E-state index contributed by atoms with van der Waals surface area (Å²) in [4.78, 5) is 6.96. The molecule has 2 rings (SSSR count). The number of hydrogen-bond donors (Lipinski definition) is 2. The van der Waals surface area contributed by atoms with Gasteiger partial charge in [-0.2, -0.15) is 8.78 Å². The fraction of sp³-hybridized carbons (Fsp3) is 0.682. The van der Waals surface area contributed by atoms with E-state index in [0.29, 0.717) is 43.7 Å². The van der Waals surface area contributed by atoms with Crippen LogP contribution in [0.1, 0.15) is 33.3 Å². The molecule has 0 bridgehead atoms. The molecule has 1 fully saturated rings. The number of guanidine groups is 1. The standard InChI is InChI=1S/C22H36F2N4O3/c1-5-25-22(27-13-18-15-28(10-11-30-18)14-16(3)4)26-12-17-8-7-9-19(29-6-2)20(17)31-21(23)24/h7-9,16,18,21H,5-6,10-15H2,1-4H3,(H2,25,26,27). The molecule has 1 aliphatic heterocycles. The number of morpholine rings is 1. The number of nitrogens with one attached hydrogen (secondary N) is 2. The Morgan fingerprint density at radius 2 is 2.10 bits per heavy atom. The second-order valence-electron chi connectivity index (χ2n) is 7.78. The van der Waals surface area contributed by atoms with Gasteiger partial charge in [0.25, 0.3) is 0 Å². The summed E-state index contributed by atoms with van der Waals surface area (Å²) in [5.74, 6) is 1.52. The summed E-state index contributed by atoms with van der Waals surface area (Å²) in [5.41, 5.74) is 0.528. The third kappa shape index (κ3) is 8.86. The molecule has 7 nitrogen and oxygen atoms in total. The first-order valence-electron chi connectivity index (χ1n) is 11.0. The molecule has 0 aliphatic carbocycles. The Bertz CT molecular complexity index is 689. The Morgan fingerprint density at radius 1 is 1.29 bits per heavy atom. The van der Waals surface area contributed by atoms with Gasteiger partial charge in [0.05, 0.1) is 25.9 Å². The lowest BCUT2D eigenvalue weighted by atomic mass is 10.2. The van der Waals surface area contributed by atoms with Gasteiger partial charge < -0.3 is 24.8 Å². The molecular formula is C22H36F2N4O3. The molecule has 1 aromatic carbocycles. The van der Waals surface area contributed by atoms with Crippen LogP contribution in [0.3, 0.4) is 0 Å². The maximum absolute atomic E-state index is 12.9. The fourth-order valence-corrected chi connectivity index (χ4v) is 3.48. The number of rotatable bonds is 11. The highest BCUT2D eigenvalue weighted by molar-refractivity contribution is 5.79.